The smallest absolute Gasteiger partial charge is 0.265 e. The van der Waals surface area contributed by atoms with Gasteiger partial charge >= 0.3 is 0 Å². The number of amides is 1. The highest BCUT2D eigenvalue weighted by atomic mass is 35.5. The quantitative estimate of drug-likeness (QED) is 0.441. The second-order valence-corrected chi connectivity index (χ2v) is 8.85. The van der Waals surface area contributed by atoms with Gasteiger partial charge in [-0.2, -0.15) is 5.10 Å². The number of rotatable bonds is 4. The predicted octanol–water partition coefficient (Wildman–Crippen LogP) is 4.56. The summed E-state index contributed by atoms with van der Waals surface area (Å²) >= 11 is 13.4. The molecule has 0 spiro atoms. The van der Waals surface area contributed by atoms with Crippen LogP contribution >= 0.6 is 35.0 Å². The monoisotopic (exact) mass is 471 g/mol. The lowest BCUT2D eigenvalue weighted by Gasteiger charge is -2.14. The summed E-state index contributed by atoms with van der Waals surface area (Å²) in [6, 6.07) is 14.1. The fourth-order valence-corrected chi connectivity index (χ4v) is 4.97. The van der Waals surface area contributed by atoms with Crippen LogP contribution in [0.3, 0.4) is 0 Å². The van der Waals surface area contributed by atoms with Gasteiger partial charge in [0, 0.05) is 17.9 Å². The number of anilines is 1. The Morgan fingerprint density at radius 2 is 1.97 bits per heavy atom. The average molecular weight is 472 g/mol. The van der Waals surface area contributed by atoms with Crippen molar-refractivity contribution in [2.75, 3.05) is 11.1 Å². The summed E-state index contributed by atoms with van der Waals surface area (Å²) in [5.74, 6) is 0.367. The van der Waals surface area contributed by atoms with Crippen LogP contribution in [0, 0.1) is 0 Å². The van der Waals surface area contributed by atoms with Gasteiger partial charge in [-0.15, -0.1) is 0 Å². The maximum Gasteiger partial charge on any atom is 0.265 e. The zero-order valence-corrected chi connectivity index (χ0v) is 18.3. The Hall–Kier alpha value is -2.81. The second kappa shape index (κ2) is 8.03. The van der Waals surface area contributed by atoms with Gasteiger partial charge in [0.05, 0.1) is 28.0 Å². The van der Waals surface area contributed by atoms with Crippen LogP contribution in [0.1, 0.15) is 12.5 Å². The number of para-hydroxylation sites is 1. The summed E-state index contributed by atoms with van der Waals surface area (Å²) in [6.45, 7) is 0. The van der Waals surface area contributed by atoms with E-state index in [-0.39, 0.29) is 23.9 Å². The highest BCUT2D eigenvalue weighted by Gasteiger charge is 2.29. The Bertz CT molecular complexity index is 1370. The molecule has 2 aromatic heterocycles. The number of carbonyl (C=O) groups excluding carboxylic acids is 1. The van der Waals surface area contributed by atoms with E-state index in [0.717, 1.165) is 5.69 Å². The van der Waals surface area contributed by atoms with E-state index >= 15 is 0 Å². The van der Waals surface area contributed by atoms with E-state index in [1.54, 1.807) is 27.4 Å². The molecule has 0 bridgehead atoms. The lowest BCUT2D eigenvalue weighted by atomic mass is 10.2. The number of thioether (sulfide) groups is 1. The Kier molecular flexibility index (Phi) is 5.21. The van der Waals surface area contributed by atoms with E-state index in [9.17, 15) is 9.59 Å². The van der Waals surface area contributed by atoms with Crippen molar-refractivity contribution in [3.8, 4) is 5.69 Å². The molecular weight excluding hydrogens is 457 g/mol. The molecule has 3 heterocycles. The van der Waals surface area contributed by atoms with Gasteiger partial charge in [-0.05, 0) is 30.3 Å². The van der Waals surface area contributed by atoms with Crippen molar-refractivity contribution in [1.82, 2.24) is 19.3 Å². The lowest BCUT2D eigenvalue weighted by Crippen LogP contribution is -2.27. The number of halogens is 2. The van der Waals surface area contributed by atoms with E-state index in [0.29, 0.717) is 37.7 Å². The van der Waals surface area contributed by atoms with Crippen molar-refractivity contribution in [2.24, 2.45) is 0 Å². The highest BCUT2D eigenvalue weighted by Crippen LogP contribution is 2.34. The van der Waals surface area contributed by atoms with Crippen molar-refractivity contribution in [2.45, 2.75) is 17.6 Å². The van der Waals surface area contributed by atoms with Gasteiger partial charge in [-0.3, -0.25) is 14.2 Å². The van der Waals surface area contributed by atoms with Gasteiger partial charge in [-0.1, -0.05) is 53.2 Å². The van der Waals surface area contributed by atoms with Crippen LogP contribution < -0.4 is 10.9 Å². The summed E-state index contributed by atoms with van der Waals surface area (Å²) in [4.78, 5) is 30.5. The first-order valence-electron chi connectivity index (χ1n) is 9.44. The summed E-state index contributed by atoms with van der Waals surface area (Å²) < 4.78 is 3.25. The third kappa shape index (κ3) is 3.71. The van der Waals surface area contributed by atoms with Crippen molar-refractivity contribution in [1.29, 1.82) is 0 Å². The molecule has 4 aromatic rings. The molecule has 156 valence electrons. The second-order valence-electron chi connectivity index (χ2n) is 7.04. The Morgan fingerprint density at radius 1 is 1.16 bits per heavy atom. The van der Waals surface area contributed by atoms with Crippen LogP contribution in [0.5, 0.6) is 0 Å². The first kappa shape index (κ1) is 20.1. The summed E-state index contributed by atoms with van der Waals surface area (Å²) in [5, 5.41) is 8.94. The lowest BCUT2D eigenvalue weighted by molar-refractivity contribution is -0.116. The molecule has 7 nitrogen and oxygen atoms in total. The zero-order valence-electron chi connectivity index (χ0n) is 16.0. The molecule has 10 heteroatoms. The molecule has 0 fully saturated rings. The van der Waals surface area contributed by atoms with Gasteiger partial charge in [0.15, 0.2) is 10.8 Å². The van der Waals surface area contributed by atoms with Gasteiger partial charge in [-0.25, -0.2) is 9.67 Å². The standard InChI is InChI=1S/C21H15Cl2N5O2S/c22-16-7-6-12(8-17(16)23)25-18(29)9-14-11-31-21-26-19-15(20(30)27(14)21)10-24-28(19)13-4-2-1-3-5-13/h1-8,10,14H,9,11H2,(H,25,29). The molecule has 0 aliphatic carbocycles. The molecule has 1 N–H and O–H groups in total. The molecule has 2 aromatic carbocycles. The number of nitrogens with one attached hydrogen (secondary N) is 1. The van der Waals surface area contributed by atoms with Crippen molar-refractivity contribution in [3.05, 3.63) is 75.1 Å². The number of benzene rings is 2. The predicted molar refractivity (Wildman–Crippen MR) is 123 cm³/mol. The van der Waals surface area contributed by atoms with Crippen LogP contribution in [0.25, 0.3) is 16.7 Å². The Balaban J connectivity index is 1.43. The summed E-state index contributed by atoms with van der Waals surface area (Å²) in [7, 11) is 0. The van der Waals surface area contributed by atoms with Gasteiger partial charge in [0.1, 0.15) is 5.39 Å². The Labute approximate surface area is 191 Å². The minimum atomic E-state index is -0.299. The van der Waals surface area contributed by atoms with E-state index < -0.39 is 0 Å². The number of nitrogens with zero attached hydrogens (tertiary/aromatic N) is 4. The number of hydrogen-bond donors (Lipinski definition) is 1. The molecule has 1 aliphatic heterocycles. The van der Waals surface area contributed by atoms with Crippen LogP contribution in [0.15, 0.2) is 64.7 Å². The molecule has 0 saturated carbocycles. The van der Waals surface area contributed by atoms with E-state index in [4.69, 9.17) is 23.2 Å². The molecule has 1 amide bonds. The largest absolute Gasteiger partial charge is 0.326 e. The number of fused-ring (bicyclic) bond motifs is 2. The normalized spacial score (nSPS) is 15.2. The first-order valence-corrected chi connectivity index (χ1v) is 11.2. The highest BCUT2D eigenvalue weighted by molar-refractivity contribution is 7.99. The van der Waals surface area contributed by atoms with E-state index in [1.165, 1.54) is 18.0 Å². The summed E-state index contributed by atoms with van der Waals surface area (Å²) in [6.07, 6.45) is 1.67. The minimum Gasteiger partial charge on any atom is -0.326 e. The molecule has 5 rings (SSSR count). The average Bonchev–Trinajstić information content (AvgIpc) is 3.36. The summed E-state index contributed by atoms with van der Waals surface area (Å²) in [5.41, 5.74) is 1.70. The number of carbonyl (C=O) groups is 1. The first-order chi connectivity index (χ1) is 15.0. The van der Waals surface area contributed by atoms with Crippen LogP contribution in [0.4, 0.5) is 5.69 Å². The Morgan fingerprint density at radius 3 is 2.74 bits per heavy atom. The molecule has 31 heavy (non-hydrogen) atoms. The van der Waals surface area contributed by atoms with Crippen LogP contribution in [-0.4, -0.2) is 31.0 Å². The number of aromatic nitrogens is 4. The van der Waals surface area contributed by atoms with Crippen molar-refractivity contribution in [3.63, 3.8) is 0 Å². The molecule has 1 aliphatic rings. The maximum absolute atomic E-state index is 13.2. The SMILES string of the molecule is O=C(CC1CSc2nc3c(cnn3-c3ccccc3)c(=O)n21)Nc1ccc(Cl)c(Cl)c1. The third-order valence-corrected chi connectivity index (χ3v) is 6.83. The van der Waals surface area contributed by atoms with Crippen LogP contribution in [0.2, 0.25) is 10.0 Å². The van der Waals surface area contributed by atoms with E-state index in [1.807, 2.05) is 30.3 Å². The molecule has 0 saturated heterocycles. The fraction of sp³-hybridized carbons (Fsp3) is 0.143. The van der Waals surface area contributed by atoms with Crippen molar-refractivity contribution < 1.29 is 4.79 Å². The molecule has 1 atom stereocenters. The van der Waals surface area contributed by atoms with Crippen LogP contribution in [-0.2, 0) is 4.79 Å². The third-order valence-electron chi connectivity index (χ3n) is 5.00. The van der Waals surface area contributed by atoms with E-state index in [2.05, 4.69) is 15.4 Å². The molecule has 0 radical (unpaired) electrons. The molecule has 1 unspecified atom stereocenters. The van der Waals surface area contributed by atoms with Gasteiger partial charge in [0.2, 0.25) is 5.91 Å². The maximum atomic E-state index is 13.2. The number of hydrogen-bond acceptors (Lipinski definition) is 5. The van der Waals surface area contributed by atoms with Crippen molar-refractivity contribution >= 4 is 57.6 Å². The van der Waals surface area contributed by atoms with Gasteiger partial charge < -0.3 is 5.32 Å². The molecular formula is C21H15Cl2N5O2S. The minimum absolute atomic E-state index is 0.139. The fourth-order valence-electron chi connectivity index (χ4n) is 3.54. The topological polar surface area (TPSA) is 81.8 Å². The zero-order chi connectivity index (χ0) is 21.5. The van der Waals surface area contributed by atoms with Gasteiger partial charge in [0.25, 0.3) is 5.56 Å².